The molecule has 5 rings (SSSR count). The Morgan fingerprint density at radius 3 is 2.55 bits per heavy atom. The molecule has 0 aromatic rings. The number of hydrogen-bond donors (Lipinski definition) is 1. The lowest BCUT2D eigenvalue weighted by Crippen LogP contribution is -2.71. The monoisotopic (exact) mass is 552 g/mol. The molecule has 3 saturated carbocycles. The van der Waals surface area contributed by atoms with Crippen LogP contribution in [0.25, 0.3) is 0 Å². The van der Waals surface area contributed by atoms with E-state index in [-0.39, 0.29) is 44.3 Å². The van der Waals surface area contributed by atoms with E-state index >= 15 is 8.78 Å². The number of ketones is 1. The SMILES string of the molecule is CCC(=O)O[C@]1(C(=O)S[C@H]2CCOC2=O)CC[C@H]2[C@@H]3C[C@H](F)C4=CC(=O)C=C(C)[C@]4(C)[C@@]3(F)[C@@H](O)C[C@@]21C. The van der Waals surface area contributed by atoms with Gasteiger partial charge in [-0.3, -0.25) is 19.2 Å². The number of allylic oxidation sites excluding steroid dienone is 4. The zero-order valence-corrected chi connectivity index (χ0v) is 22.9. The third kappa shape index (κ3) is 3.41. The van der Waals surface area contributed by atoms with Crippen molar-refractivity contribution in [3.05, 3.63) is 23.3 Å². The van der Waals surface area contributed by atoms with Gasteiger partial charge in [0.1, 0.15) is 11.4 Å². The van der Waals surface area contributed by atoms with Crippen LogP contribution in [0, 0.1) is 22.7 Å². The van der Waals surface area contributed by atoms with Crippen molar-refractivity contribution < 1.29 is 42.5 Å². The van der Waals surface area contributed by atoms with Gasteiger partial charge in [-0.15, -0.1) is 0 Å². The maximum Gasteiger partial charge on any atom is 0.319 e. The molecule has 1 saturated heterocycles. The molecular weight excluding hydrogens is 518 g/mol. The first-order valence-electron chi connectivity index (χ1n) is 13.3. The summed E-state index contributed by atoms with van der Waals surface area (Å²) in [6.45, 7) is 6.65. The highest BCUT2D eigenvalue weighted by molar-refractivity contribution is 8.14. The van der Waals surface area contributed by atoms with Crippen molar-refractivity contribution in [1.82, 2.24) is 0 Å². The van der Waals surface area contributed by atoms with Gasteiger partial charge >= 0.3 is 11.9 Å². The van der Waals surface area contributed by atoms with E-state index in [0.29, 0.717) is 12.0 Å². The maximum atomic E-state index is 17.6. The third-order valence-corrected chi connectivity index (χ3v) is 11.6. The first-order chi connectivity index (χ1) is 17.8. The molecule has 0 amide bonds. The standard InChI is InChI=1S/C28H34F2O7S/c1-5-22(33)37-27(24(35)38-20-7-9-36-23(20)34)8-6-16-17-12-19(29)18-11-15(31)10-14(2)26(18,4)28(17,30)21(32)13-25(16,27)3/h10-11,16-17,19-21,32H,5-9,12-13H2,1-4H3/t16-,17-,19-,20-,21-,25-,26-,27-,28-/m0/s1. The van der Waals surface area contributed by atoms with E-state index < -0.39 is 74.3 Å². The summed E-state index contributed by atoms with van der Waals surface area (Å²) in [6, 6.07) is 0. The van der Waals surface area contributed by atoms with Gasteiger partial charge in [0.05, 0.1) is 12.7 Å². The Hall–Kier alpha value is -2.07. The second kappa shape index (κ2) is 8.98. The van der Waals surface area contributed by atoms with Crippen LogP contribution in [0.5, 0.6) is 0 Å². The van der Waals surface area contributed by atoms with Crippen molar-refractivity contribution in [2.75, 3.05) is 6.61 Å². The topological polar surface area (TPSA) is 107 Å². The van der Waals surface area contributed by atoms with Crippen LogP contribution in [0.3, 0.4) is 0 Å². The minimum atomic E-state index is -2.30. The van der Waals surface area contributed by atoms with Crippen molar-refractivity contribution in [2.45, 2.75) is 95.0 Å². The van der Waals surface area contributed by atoms with Crippen LogP contribution >= 0.6 is 11.8 Å². The molecule has 0 aromatic carbocycles. The summed E-state index contributed by atoms with van der Waals surface area (Å²) in [5, 5.41) is 10.4. The van der Waals surface area contributed by atoms with Crippen molar-refractivity contribution >= 4 is 34.6 Å². The van der Waals surface area contributed by atoms with Gasteiger partial charge in [0, 0.05) is 29.6 Å². The summed E-state index contributed by atoms with van der Waals surface area (Å²) < 4.78 is 44.3. The van der Waals surface area contributed by atoms with Crippen LogP contribution in [0.1, 0.15) is 66.2 Å². The Morgan fingerprint density at radius 1 is 1.21 bits per heavy atom. The minimum absolute atomic E-state index is 0.00173. The van der Waals surface area contributed by atoms with Crippen molar-refractivity contribution in [2.24, 2.45) is 22.7 Å². The molecule has 7 nitrogen and oxygen atoms in total. The fraction of sp³-hybridized carbons (Fsp3) is 0.714. The number of aliphatic hydroxyl groups is 1. The molecule has 0 radical (unpaired) electrons. The molecule has 1 aliphatic heterocycles. The minimum Gasteiger partial charge on any atom is -0.465 e. The van der Waals surface area contributed by atoms with E-state index in [2.05, 4.69) is 0 Å². The lowest BCUT2D eigenvalue weighted by Gasteiger charge is -2.64. The molecule has 4 aliphatic carbocycles. The fourth-order valence-corrected chi connectivity index (χ4v) is 9.38. The number of ether oxygens (including phenoxy) is 2. The highest BCUT2D eigenvalue weighted by Gasteiger charge is 2.77. The Bertz CT molecular complexity index is 1170. The quantitative estimate of drug-likeness (QED) is 0.523. The average molecular weight is 553 g/mol. The summed E-state index contributed by atoms with van der Waals surface area (Å²) in [6.07, 6.45) is -0.552. The lowest BCUT2D eigenvalue weighted by atomic mass is 9.43. The number of aliphatic hydroxyl groups excluding tert-OH is 1. The molecule has 10 heteroatoms. The number of thioether (sulfide) groups is 1. The normalized spacial score (nSPS) is 45.8. The molecule has 5 aliphatic rings. The number of cyclic esters (lactones) is 1. The summed E-state index contributed by atoms with van der Waals surface area (Å²) in [4.78, 5) is 51.0. The number of halogens is 2. The predicted molar refractivity (Wildman–Crippen MR) is 134 cm³/mol. The van der Waals surface area contributed by atoms with E-state index in [4.69, 9.17) is 9.47 Å². The zero-order chi connectivity index (χ0) is 27.8. The van der Waals surface area contributed by atoms with Gasteiger partial charge in [-0.05, 0) is 63.2 Å². The molecule has 0 aromatic heterocycles. The Labute approximate surface area is 224 Å². The molecule has 0 bridgehead atoms. The highest BCUT2D eigenvalue weighted by atomic mass is 32.2. The van der Waals surface area contributed by atoms with Gasteiger partial charge in [-0.25, -0.2) is 8.78 Å². The van der Waals surface area contributed by atoms with Crippen molar-refractivity contribution in [3.8, 4) is 0 Å². The van der Waals surface area contributed by atoms with Gasteiger partial charge in [-0.2, -0.15) is 0 Å². The number of carbonyl (C=O) groups excluding carboxylic acids is 4. The van der Waals surface area contributed by atoms with Gasteiger partial charge < -0.3 is 14.6 Å². The van der Waals surface area contributed by atoms with Crippen LogP contribution in [-0.2, 0) is 28.7 Å². The number of fused-ring (bicyclic) bond motifs is 5. The maximum absolute atomic E-state index is 17.6. The molecule has 4 fully saturated rings. The summed E-state index contributed by atoms with van der Waals surface area (Å²) in [5.74, 6) is -3.13. The predicted octanol–water partition coefficient (Wildman–Crippen LogP) is 3.96. The largest absolute Gasteiger partial charge is 0.465 e. The van der Waals surface area contributed by atoms with E-state index in [0.717, 1.165) is 17.8 Å². The molecule has 38 heavy (non-hydrogen) atoms. The molecule has 1 N–H and O–H groups in total. The Morgan fingerprint density at radius 2 is 1.92 bits per heavy atom. The third-order valence-electron chi connectivity index (χ3n) is 10.3. The number of rotatable bonds is 4. The zero-order valence-electron chi connectivity index (χ0n) is 22.1. The van der Waals surface area contributed by atoms with E-state index in [1.54, 1.807) is 27.7 Å². The van der Waals surface area contributed by atoms with Crippen molar-refractivity contribution in [1.29, 1.82) is 0 Å². The number of carbonyl (C=O) groups is 4. The number of alkyl halides is 2. The lowest BCUT2D eigenvalue weighted by molar-refractivity contribution is -0.227. The highest BCUT2D eigenvalue weighted by Crippen LogP contribution is 2.72. The smallest absolute Gasteiger partial charge is 0.319 e. The molecule has 0 unspecified atom stereocenters. The first kappa shape index (κ1) is 27.5. The van der Waals surface area contributed by atoms with Gasteiger partial charge in [0.2, 0.25) is 5.12 Å². The van der Waals surface area contributed by atoms with Gasteiger partial charge in [0.15, 0.2) is 17.1 Å². The van der Waals surface area contributed by atoms with Crippen LogP contribution in [0.2, 0.25) is 0 Å². The fourth-order valence-electron chi connectivity index (χ4n) is 8.18. The first-order valence-corrected chi connectivity index (χ1v) is 14.2. The van der Waals surface area contributed by atoms with Crippen LogP contribution in [0.4, 0.5) is 8.78 Å². The van der Waals surface area contributed by atoms with Crippen LogP contribution < -0.4 is 0 Å². The second-order valence-electron chi connectivity index (χ2n) is 11.8. The van der Waals surface area contributed by atoms with E-state index in [1.165, 1.54) is 6.08 Å². The van der Waals surface area contributed by atoms with E-state index in [1.807, 2.05) is 0 Å². The second-order valence-corrected chi connectivity index (χ2v) is 13.0. The van der Waals surface area contributed by atoms with Gasteiger partial charge in [0.25, 0.3) is 0 Å². The average Bonchev–Trinajstić information content (AvgIpc) is 3.38. The van der Waals surface area contributed by atoms with Gasteiger partial charge in [-0.1, -0.05) is 31.2 Å². The molecule has 0 spiro atoms. The molecule has 1 heterocycles. The van der Waals surface area contributed by atoms with Crippen LogP contribution in [-0.4, -0.2) is 63.3 Å². The number of esters is 2. The van der Waals surface area contributed by atoms with E-state index in [9.17, 15) is 24.3 Å². The summed E-state index contributed by atoms with van der Waals surface area (Å²) in [5.41, 5.74) is -6.37. The molecule has 9 atom stereocenters. The Kier molecular flexibility index (Phi) is 6.50. The Balaban J connectivity index is 1.59. The number of hydrogen-bond acceptors (Lipinski definition) is 8. The summed E-state index contributed by atoms with van der Waals surface area (Å²) in [7, 11) is 0. The molecular formula is C28H34F2O7S. The van der Waals surface area contributed by atoms with Crippen LogP contribution in [0.15, 0.2) is 23.3 Å². The summed E-state index contributed by atoms with van der Waals surface area (Å²) >= 11 is 0.771. The molecule has 208 valence electrons. The van der Waals surface area contributed by atoms with Crippen molar-refractivity contribution in [3.63, 3.8) is 0 Å².